The van der Waals surface area contributed by atoms with Crippen molar-refractivity contribution in [2.24, 2.45) is 5.92 Å². The zero-order valence-electron chi connectivity index (χ0n) is 12.8. The van der Waals surface area contributed by atoms with E-state index in [1.165, 1.54) is 7.11 Å². The number of rotatable bonds is 6. The van der Waals surface area contributed by atoms with Crippen molar-refractivity contribution in [3.05, 3.63) is 24.3 Å². The summed E-state index contributed by atoms with van der Waals surface area (Å²) in [6, 6.07) is 7.01. The van der Waals surface area contributed by atoms with Crippen LogP contribution < -0.4 is 10.6 Å². The fourth-order valence-electron chi connectivity index (χ4n) is 2.41. The Morgan fingerprint density at radius 2 is 1.82 bits per heavy atom. The molecule has 1 heterocycles. The van der Waals surface area contributed by atoms with Gasteiger partial charge in [-0.15, -0.1) is 0 Å². The minimum atomic E-state index is -0.211. The van der Waals surface area contributed by atoms with E-state index >= 15 is 0 Å². The van der Waals surface area contributed by atoms with Gasteiger partial charge in [-0.1, -0.05) is 0 Å². The second-order valence-electron chi connectivity index (χ2n) is 5.39. The molecule has 0 saturated carbocycles. The van der Waals surface area contributed by atoms with Crippen LogP contribution in [0.3, 0.4) is 0 Å². The van der Waals surface area contributed by atoms with Gasteiger partial charge < -0.3 is 20.1 Å². The van der Waals surface area contributed by atoms with Gasteiger partial charge in [-0.2, -0.15) is 0 Å². The van der Waals surface area contributed by atoms with Crippen molar-refractivity contribution < 1.29 is 19.1 Å². The van der Waals surface area contributed by atoms with Crippen LogP contribution in [-0.2, 0) is 19.1 Å². The third-order valence-electron chi connectivity index (χ3n) is 3.46. The van der Waals surface area contributed by atoms with Gasteiger partial charge >= 0.3 is 0 Å². The summed E-state index contributed by atoms with van der Waals surface area (Å²) in [6.45, 7) is 1.48. The summed E-state index contributed by atoms with van der Waals surface area (Å²) < 4.78 is 10.1. The predicted octanol–water partition coefficient (Wildman–Crippen LogP) is 2.03. The Morgan fingerprint density at radius 1 is 1.18 bits per heavy atom. The first-order chi connectivity index (χ1) is 10.7. The van der Waals surface area contributed by atoms with Crippen LogP contribution in [0.25, 0.3) is 0 Å². The molecule has 1 saturated heterocycles. The largest absolute Gasteiger partial charge is 0.381 e. The number of benzene rings is 1. The van der Waals surface area contributed by atoms with Crippen LogP contribution in [-0.4, -0.2) is 38.7 Å². The summed E-state index contributed by atoms with van der Waals surface area (Å²) >= 11 is 0. The van der Waals surface area contributed by atoms with Crippen molar-refractivity contribution >= 4 is 23.2 Å². The molecule has 1 aromatic rings. The molecular weight excluding hydrogens is 284 g/mol. The van der Waals surface area contributed by atoms with E-state index in [9.17, 15) is 9.59 Å². The number of ether oxygens (including phenoxy) is 2. The Morgan fingerprint density at radius 3 is 2.36 bits per heavy atom. The van der Waals surface area contributed by atoms with E-state index in [0.29, 0.717) is 30.3 Å². The maximum absolute atomic E-state index is 12.0. The molecule has 22 heavy (non-hydrogen) atoms. The molecule has 1 aliphatic heterocycles. The van der Waals surface area contributed by atoms with Gasteiger partial charge in [0.1, 0.15) is 6.61 Å². The summed E-state index contributed by atoms with van der Waals surface area (Å²) in [4.78, 5) is 23.4. The van der Waals surface area contributed by atoms with Gasteiger partial charge in [0.2, 0.25) is 11.8 Å². The molecule has 2 amide bonds. The Kier molecular flexibility index (Phi) is 6.36. The highest BCUT2D eigenvalue weighted by Crippen LogP contribution is 2.19. The van der Waals surface area contributed by atoms with Gasteiger partial charge in [0.25, 0.3) is 0 Å². The molecule has 0 bridgehead atoms. The fourth-order valence-corrected chi connectivity index (χ4v) is 2.41. The molecule has 1 atom stereocenters. The van der Waals surface area contributed by atoms with Gasteiger partial charge in [0, 0.05) is 38.1 Å². The number of anilines is 2. The van der Waals surface area contributed by atoms with Crippen LogP contribution in [0.5, 0.6) is 0 Å². The molecule has 1 aliphatic rings. The highest BCUT2D eigenvalue weighted by molar-refractivity contribution is 5.93. The maximum atomic E-state index is 12.0. The molecular formula is C16H22N2O4. The number of carbonyl (C=O) groups excluding carboxylic acids is 2. The second-order valence-corrected chi connectivity index (χ2v) is 5.39. The smallest absolute Gasteiger partial charge is 0.250 e. The molecule has 0 aliphatic carbocycles. The molecule has 1 unspecified atom stereocenters. The lowest BCUT2D eigenvalue weighted by molar-refractivity contribution is -0.120. The van der Waals surface area contributed by atoms with Crippen LogP contribution in [0, 0.1) is 5.92 Å². The third kappa shape index (κ3) is 5.46. The zero-order valence-corrected chi connectivity index (χ0v) is 12.8. The average Bonchev–Trinajstić information content (AvgIpc) is 2.50. The van der Waals surface area contributed by atoms with E-state index in [1.807, 2.05) is 0 Å². The first-order valence-corrected chi connectivity index (χ1v) is 7.44. The number of amides is 2. The predicted molar refractivity (Wildman–Crippen MR) is 83.7 cm³/mol. The van der Waals surface area contributed by atoms with Crippen LogP contribution in [0.15, 0.2) is 24.3 Å². The molecule has 0 aromatic heterocycles. The Labute approximate surface area is 130 Å². The van der Waals surface area contributed by atoms with E-state index in [2.05, 4.69) is 10.6 Å². The summed E-state index contributed by atoms with van der Waals surface area (Å²) in [5.74, 6) is 0.0876. The van der Waals surface area contributed by atoms with Gasteiger partial charge in [-0.05, 0) is 43.0 Å². The van der Waals surface area contributed by atoms with E-state index in [4.69, 9.17) is 9.47 Å². The topological polar surface area (TPSA) is 76.7 Å². The van der Waals surface area contributed by atoms with Crippen LogP contribution in [0.4, 0.5) is 11.4 Å². The van der Waals surface area contributed by atoms with E-state index < -0.39 is 0 Å². The number of methoxy groups -OCH3 is 1. The minimum absolute atomic E-state index is 0.00771. The normalized spacial score (nSPS) is 17.8. The lowest BCUT2D eigenvalue weighted by Gasteiger charge is -2.21. The average molecular weight is 306 g/mol. The van der Waals surface area contributed by atoms with E-state index in [-0.39, 0.29) is 18.4 Å². The summed E-state index contributed by atoms with van der Waals surface area (Å²) in [6.07, 6.45) is 2.54. The van der Waals surface area contributed by atoms with Crippen molar-refractivity contribution in [3.63, 3.8) is 0 Å². The molecule has 0 radical (unpaired) electrons. The molecule has 2 N–H and O–H groups in total. The standard InChI is InChI=1S/C16H22N2O4/c1-21-11-16(20)18-14-6-4-13(5-7-14)17-15(19)9-12-3-2-8-22-10-12/h4-7,12H,2-3,8-11H2,1H3,(H,17,19)(H,18,20). The number of nitrogens with one attached hydrogen (secondary N) is 2. The molecule has 120 valence electrons. The van der Waals surface area contributed by atoms with Crippen molar-refractivity contribution in [1.82, 2.24) is 0 Å². The summed E-state index contributed by atoms with van der Waals surface area (Å²) in [5, 5.41) is 5.56. The van der Waals surface area contributed by atoms with E-state index in [1.54, 1.807) is 24.3 Å². The highest BCUT2D eigenvalue weighted by Gasteiger charge is 2.17. The fraction of sp³-hybridized carbons (Fsp3) is 0.500. The van der Waals surface area contributed by atoms with Gasteiger partial charge in [-0.3, -0.25) is 9.59 Å². The first-order valence-electron chi connectivity index (χ1n) is 7.44. The van der Waals surface area contributed by atoms with Gasteiger partial charge in [-0.25, -0.2) is 0 Å². The number of hydrogen-bond donors (Lipinski definition) is 2. The monoisotopic (exact) mass is 306 g/mol. The van der Waals surface area contributed by atoms with Crippen LogP contribution >= 0.6 is 0 Å². The molecule has 1 aromatic carbocycles. The summed E-state index contributed by atoms with van der Waals surface area (Å²) in [5.41, 5.74) is 1.38. The first kappa shape index (κ1) is 16.5. The molecule has 1 fully saturated rings. The second kappa shape index (κ2) is 8.51. The van der Waals surface area contributed by atoms with Gasteiger partial charge in [0.05, 0.1) is 0 Å². The number of hydrogen-bond acceptors (Lipinski definition) is 4. The summed E-state index contributed by atoms with van der Waals surface area (Å²) in [7, 11) is 1.47. The van der Waals surface area contributed by atoms with Crippen molar-refractivity contribution in [1.29, 1.82) is 0 Å². The van der Waals surface area contributed by atoms with Crippen LogP contribution in [0.2, 0.25) is 0 Å². The third-order valence-corrected chi connectivity index (χ3v) is 3.46. The minimum Gasteiger partial charge on any atom is -0.381 e. The van der Waals surface area contributed by atoms with E-state index in [0.717, 1.165) is 19.4 Å². The lowest BCUT2D eigenvalue weighted by Crippen LogP contribution is -2.23. The molecule has 0 spiro atoms. The highest BCUT2D eigenvalue weighted by atomic mass is 16.5. The Hall–Kier alpha value is -1.92. The Bertz CT molecular complexity index is 495. The quantitative estimate of drug-likeness (QED) is 0.843. The van der Waals surface area contributed by atoms with Crippen molar-refractivity contribution in [2.45, 2.75) is 19.3 Å². The lowest BCUT2D eigenvalue weighted by atomic mass is 9.98. The Balaban J connectivity index is 1.80. The van der Waals surface area contributed by atoms with Crippen molar-refractivity contribution in [2.75, 3.05) is 37.6 Å². The molecule has 6 nitrogen and oxygen atoms in total. The van der Waals surface area contributed by atoms with Crippen molar-refractivity contribution in [3.8, 4) is 0 Å². The number of carbonyl (C=O) groups is 2. The van der Waals surface area contributed by atoms with Gasteiger partial charge in [0.15, 0.2) is 0 Å². The maximum Gasteiger partial charge on any atom is 0.250 e. The molecule has 2 rings (SSSR count). The SMILES string of the molecule is COCC(=O)Nc1ccc(NC(=O)CC2CCCOC2)cc1. The molecule has 6 heteroatoms. The zero-order chi connectivity index (χ0) is 15.8. The van der Waals surface area contributed by atoms with Crippen LogP contribution in [0.1, 0.15) is 19.3 Å².